The van der Waals surface area contributed by atoms with Crippen LogP contribution in [-0.4, -0.2) is 17.6 Å². The molecule has 0 amide bonds. The molecular formula is C13H16ClN3. The number of nitrogens with zero attached hydrogens (tertiary/aromatic N) is 3. The molecule has 0 radical (unpaired) electrons. The van der Waals surface area contributed by atoms with E-state index in [9.17, 15) is 0 Å². The summed E-state index contributed by atoms with van der Waals surface area (Å²) >= 11 is 6.24. The Morgan fingerprint density at radius 1 is 1.59 bits per heavy atom. The van der Waals surface area contributed by atoms with E-state index in [-0.39, 0.29) is 0 Å². The largest absolute Gasteiger partial charge is 0.352 e. The van der Waals surface area contributed by atoms with Crippen LogP contribution in [0.4, 0.5) is 5.82 Å². The summed E-state index contributed by atoms with van der Waals surface area (Å²) in [7, 11) is 0. The first-order chi connectivity index (χ1) is 8.27. The fraction of sp³-hybridized carbons (Fsp3) is 0.538. The molecule has 1 saturated heterocycles. The van der Waals surface area contributed by atoms with Crippen molar-refractivity contribution >= 4 is 17.4 Å². The number of halogens is 1. The van der Waals surface area contributed by atoms with Crippen LogP contribution in [0.3, 0.4) is 0 Å². The Morgan fingerprint density at radius 3 is 3.12 bits per heavy atom. The first-order valence-electron chi connectivity index (χ1n) is 6.09. The molecule has 3 nitrogen and oxygen atoms in total. The number of hydrogen-bond donors (Lipinski definition) is 0. The molecule has 0 aromatic carbocycles. The summed E-state index contributed by atoms with van der Waals surface area (Å²) in [5, 5.41) is 9.48. The Labute approximate surface area is 107 Å². The highest BCUT2D eigenvalue weighted by molar-refractivity contribution is 6.34. The van der Waals surface area contributed by atoms with E-state index in [4.69, 9.17) is 16.9 Å². The third kappa shape index (κ3) is 2.37. The number of anilines is 1. The topological polar surface area (TPSA) is 39.9 Å². The summed E-state index contributed by atoms with van der Waals surface area (Å²) < 4.78 is 0. The molecule has 0 saturated carbocycles. The summed E-state index contributed by atoms with van der Waals surface area (Å²) in [4.78, 5) is 6.61. The minimum absolute atomic E-state index is 0.496. The van der Waals surface area contributed by atoms with Crippen molar-refractivity contribution in [2.24, 2.45) is 0 Å². The van der Waals surface area contributed by atoms with Crippen LogP contribution in [0.25, 0.3) is 0 Å². The van der Waals surface area contributed by atoms with Crippen LogP contribution in [0.5, 0.6) is 0 Å². The number of aromatic nitrogens is 1. The van der Waals surface area contributed by atoms with Gasteiger partial charge in [0, 0.05) is 18.8 Å². The van der Waals surface area contributed by atoms with Crippen molar-refractivity contribution in [3.05, 3.63) is 22.8 Å². The number of pyridine rings is 1. The van der Waals surface area contributed by atoms with Crippen LogP contribution in [0.1, 0.15) is 38.2 Å². The Balaban J connectivity index is 2.35. The molecule has 2 heterocycles. The molecular weight excluding hydrogens is 234 g/mol. The first kappa shape index (κ1) is 12.2. The van der Waals surface area contributed by atoms with Gasteiger partial charge in [-0.2, -0.15) is 5.26 Å². The highest BCUT2D eigenvalue weighted by Gasteiger charge is 2.24. The lowest BCUT2D eigenvalue weighted by molar-refractivity contribution is 0.447. The van der Waals surface area contributed by atoms with E-state index in [0.717, 1.165) is 18.8 Å². The molecule has 2 rings (SSSR count). The maximum Gasteiger partial charge on any atom is 0.148 e. The number of hydrogen-bond acceptors (Lipinski definition) is 3. The van der Waals surface area contributed by atoms with Crippen LogP contribution in [0.15, 0.2) is 12.3 Å². The Kier molecular flexibility index (Phi) is 3.86. The first-order valence-corrected chi connectivity index (χ1v) is 6.47. The molecule has 90 valence electrons. The molecule has 1 fully saturated rings. The molecule has 1 unspecified atom stereocenters. The fourth-order valence-corrected chi connectivity index (χ4v) is 2.69. The van der Waals surface area contributed by atoms with E-state index in [1.807, 2.05) is 0 Å². The van der Waals surface area contributed by atoms with E-state index in [1.165, 1.54) is 19.3 Å². The van der Waals surface area contributed by atoms with Gasteiger partial charge in [-0.3, -0.25) is 0 Å². The molecule has 4 heteroatoms. The second kappa shape index (κ2) is 5.37. The molecule has 1 aliphatic heterocycles. The van der Waals surface area contributed by atoms with Crippen molar-refractivity contribution in [1.29, 1.82) is 5.26 Å². The van der Waals surface area contributed by atoms with E-state index in [2.05, 4.69) is 22.9 Å². The zero-order valence-corrected chi connectivity index (χ0v) is 10.7. The summed E-state index contributed by atoms with van der Waals surface area (Å²) in [5.41, 5.74) is 0.511. The monoisotopic (exact) mass is 249 g/mol. The SMILES string of the molecule is CCC1CCCCN1c1nccc(C#N)c1Cl. The molecule has 1 aromatic rings. The van der Waals surface area contributed by atoms with Crippen LogP contribution < -0.4 is 4.90 Å². The lowest BCUT2D eigenvalue weighted by Crippen LogP contribution is -2.39. The van der Waals surface area contributed by atoms with Gasteiger partial charge in [0.15, 0.2) is 0 Å². The Morgan fingerprint density at radius 2 is 2.41 bits per heavy atom. The van der Waals surface area contributed by atoms with Crippen LogP contribution in [-0.2, 0) is 0 Å². The van der Waals surface area contributed by atoms with Gasteiger partial charge in [0.25, 0.3) is 0 Å². The average Bonchev–Trinajstić information content (AvgIpc) is 2.39. The Hall–Kier alpha value is -1.27. The normalized spacial score (nSPS) is 20.1. The molecule has 1 atom stereocenters. The minimum atomic E-state index is 0.496. The molecule has 0 N–H and O–H groups in total. The predicted octanol–water partition coefficient (Wildman–Crippen LogP) is 3.38. The average molecular weight is 250 g/mol. The van der Waals surface area contributed by atoms with Crippen molar-refractivity contribution in [1.82, 2.24) is 4.98 Å². The zero-order valence-electron chi connectivity index (χ0n) is 9.99. The van der Waals surface area contributed by atoms with Gasteiger partial charge < -0.3 is 4.90 Å². The van der Waals surface area contributed by atoms with Crippen molar-refractivity contribution in [3.8, 4) is 6.07 Å². The molecule has 0 aliphatic carbocycles. The third-order valence-electron chi connectivity index (χ3n) is 3.36. The zero-order chi connectivity index (χ0) is 12.3. The van der Waals surface area contributed by atoms with E-state index in [0.29, 0.717) is 16.6 Å². The number of piperidine rings is 1. The van der Waals surface area contributed by atoms with Crippen molar-refractivity contribution < 1.29 is 0 Å². The molecule has 0 bridgehead atoms. The van der Waals surface area contributed by atoms with Crippen LogP contribution >= 0.6 is 11.6 Å². The second-order valence-corrected chi connectivity index (χ2v) is 4.74. The van der Waals surface area contributed by atoms with E-state index >= 15 is 0 Å². The standard InChI is InChI=1S/C13H16ClN3/c1-2-11-5-3-4-8-17(11)13-12(14)10(9-15)6-7-16-13/h6-7,11H,2-5,8H2,1H3. The molecule has 1 aliphatic rings. The van der Waals surface area contributed by atoms with Gasteiger partial charge in [0.1, 0.15) is 16.9 Å². The third-order valence-corrected chi connectivity index (χ3v) is 3.73. The van der Waals surface area contributed by atoms with Crippen molar-refractivity contribution in [2.75, 3.05) is 11.4 Å². The highest BCUT2D eigenvalue weighted by atomic mass is 35.5. The van der Waals surface area contributed by atoms with Gasteiger partial charge in [-0.05, 0) is 31.7 Å². The maximum absolute atomic E-state index is 8.98. The molecule has 1 aromatic heterocycles. The van der Waals surface area contributed by atoms with Gasteiger partial charge in [0.2, 0.25) is 0 Å². The van der Waals surface area contributed by atoms with Gasteiger partial charge in [-0.15, -0.1) is 0 Å². The molecule has 17 heavy (non-hydrogen) atoms. The van der Waals surface area contributed by atoms with Crippen molar-refractivity contribution in [2.45, 2.75) is 38.6 Å². The summed E-state index contributed by atoms with van der Waals surface area (Å²) in [6, 6.07) is 4.27. The number of rotatable bonds is 2. The van der Waals surface area contributed by atoms with Gasteiger partial charge in [0.05, 0.1) is 5.56 Å². The predicted molar refractivity (Wildman–Crippen MR) is 69.2 cm³/mol. The molecule has 0 spiro atoms. The minimum Gasteiger partial charge on any atom is -0.352 e. The lowest BCUT2D eigenvalue weighted by Gasteiger charge is -2.36. The van der Waals surface area contributed by atoms with E-state index in [1.54, 1.807) is 12.3 Å². The fourth-order valence-electron chi connectivity index (χ4n) is 2.42. The Bertz CT molecular complexity index is 439. The summed E-state index contributed by atoms with van der Waals surface area (Å²) in [6.45, 7) is 3.17. The summed E-state index contributed by atoms with van der Waals surface area (Å²) in [6.07, 6.45) is 6.39. The second-order valence-electron chi connectivity index (χ2n) is 4.36. The van der Waals surface area contributed by atoms with E-state index < -0.39 is 0 Å². The summed E-state index contributed by atoms with van der Waals surface area (Å²) in [5.74, 6) is 0.775. The highest BCUT2D eigenvalue weighted by Crippen LogP contribution is 2.32. The number of nitriles is 1. The maximum atomic E-state index is 8.98. The van der Waals surface area contributed by atoms with Gasteiger partial charge >= 0.3 is 0 Å². The quantitative estimate of drug-likeness (QED) is 0.807. The van der Waals surface area contributed by atoms with Gasteiger partial charge in [-0.25, -0.2) is 4.98 Å². The smallest absolute Gasteiger partial charge is 0.148 e. The van der Waals surface area contributed by atoms with Crippen molar-refractivity contribution in [3.63, 3.8) is 0 Å². The van der Waals surface area contributed by atoms with Crippen LogP contribution in [0.2, 0.25) is 5.02 Å². The van der Waals surface area contributed by atoms with Gasteiger partial charge in [-0.1, -0.05) is 18.5 Å². The lowest BCUT2D eigenvalue weighted by atomic mass is 10.00. The van der Waals surface area contributed by atoms with Crippen LogP contribution in [0, 0.1) is 11.3 Å².